The fraction of sp³-hybridized carbons (Fsp3) is 0.200. The van der Waals surface area contributed by atoms with Crippen LogP contribution in [-0.2, 0) is 0 Å². The highest BCUT2D eigenvalue weighted by Crippen LogP contribution is 2.19. The van der Waals surface area contributed by atoms with Crippen molar-refractivity contribution >= 4 is 23.5 Å². The second kappa shape index (κ2) is 6.86. The number of nitrogens with zero attached hydrogens (tertiary/aromatic N) is 1. The summed E-state index contributed by atoms with van der Waals surface area (Å²) in [6.07, 6.45) is 1.63. The summed E-state index contributed by atoms with van der Waals surface area (Å²) in [5.74, 6) is 0.278. The first-order chi connectivity index (χ1) is 9.66. The van der Waals surface area contributed by atoms with Crippen LogP contribution in [0.3, 0.4) is 0 Å². The SMILES string of the molecule is CC(C)Oc1ccccc1C(=O)NN=Cc1cccs1. The van der Waals surface area contributed by atoms with Gasteiger partial charge in [0, 0.05) is 4.88 Å². The van der Waals surface area contributed by atoms with E-state index < -0.39 is 0 Å². The molecule has 1 N–H and O–H groups in total. The summed E-state index contributed by atoms with van der Waals surface area (Å²) < 4.78 is 5.61. The van der Waals surface area contributed by atoms with Gasteiger partial charge in [-0.25, -0.2) is 5.43 Å². The average Bonchev–Trinajstić information content (AvgIpc) is 2.91. The number of hydrazone groups is 1. The van der Waals surface area contributed by atoms with Crippen LogP contribution in [-0.4, -0.2) is 18.2 Å². The van der Waals surface area contributed by atoms with E-state index in [1.807, 2.05) is 37.4 Å². The van der Waals surface area contributed by atoms with Gasteiger partial charge in [0.25, 0.3) is 5.91 Å². The Balaban J connectivity index is 2.05. The second-order valence-corrected chi connectivity index (χ2v) is 5.36. The summed E-state index contributed by atoms with van der Waals surface area (Å²) in [5, 5.41) is 5.89. The molecule has 2 rings (SSSR count). The van der Waals surface area contributed by atoms with Gasteiger partial charge in [-0.15, -0.1) is 11.3 Å². The molecule has 1 heterocycles. The minimum atomic E-state index is -0.283. The molecule has 0 aliphatic carbocycles. The fourth-order valence-corrected chi connectivity index (χ4v) is 2.18. The van der Waals surface area contributed by atoms with E-state index in [0.29, 0.717) is 11.3 Å². The second-order valence-electron chi connectivity index (χ2n) is 4.38. The Kier molecular flexibility index (Phi) is 4.90. The van der Waals surface area contributed by atoms with Gasteiger partial charge in [0.15, 0.2) is 0 Å². The highest BCUT2D eigenvalue weighted by molar-refractivity contribution is 7.11. The Hall–Kier alpha value is -2.14. The van der Waals surface area contributed by atoms with E-state index in [-0.39, 0.29) is 12.0 Å². The van der Waals surface area contributed by atoms with Crippen LogP contribution < -0.4 is 10.2 Å². The Labute approximate surface area is 122 Å². The monoisotopic (exact) mass is 288 g/mol. The molecule has 0 radical (unpaired) electrons. The molecule has 0 bridgehead atoms. The van der Waals surface area contributed by atoms with Crippen molar-refractivity contribution in [2.75, 3.05) is 0 Å². The van der Waals surface area contributed by atoms with E-state index in [2.05, 4.69) is 10.5 Å². The van der Waals surface area contributed by atoms with Crippen molar-refractivity contribution < 1.29 is 9.53 Å². The largest absolute Gasteiger partial charge is 0.490 e. The van der Waals surface area contributed by atoms with Crippen molar-refractivity contribution in [3.05, 3.63) is 52.2 Å². The Bertz CT molecular complexity index is 592. The van der Waals surface area contributed by atoms with E-state index >= 15 is 0 Å². The van der Waals surface area contributed by atoms with Crippen LogP contribution in [0.1, 0.15) is 29.1 Å². The Morgan fingerprint density at radius 2 is 2.10 bits per heavy atom. The number of nitrogens with one attached hydrogen (secondary N) is 1. The number of thiophene rings is 1. The molecule has 1 aromatic heterocycles. The van der Waals surface area contributed by atoms with Crippen molar-refractivity contribution in [2.45, 2.75) is 20.0 Å². The molecule has 0 spiro atoms. The van der Waals surface area contributed by atoms with Gasteiger partial charge in [-0.2, -0.15) is 5.10 Å². The summed E-state index contributed by atoms with van der Waals surface area (Å²) in [7, 11) is 0. The van der Waals surface area contributed by atoms with E-state index in [0.717, 1.165) is 4.88 Å². The van der Waals surface area contributed by atoms with Crippen molar-refractivity contribution in [2.24, 2.45) is 5.10 Å². The van der Waals surface area contributed by atoms with Gasteiger partial charge in [0.2, 0.25) is 0 Å². The van der Waals surface area contributed by atoms with Crippen molar-refractivity contribution in [1.29, 1.82) is 0 Å². The molecule has 0 fully saturated rings. The molecule has 0 aliphatic rings. The van der Waals surface area contributed by atoms with Gasteiger partial charge in [-0.3, -0.25) is 4.79 Å². The minimum absolute atomic E-state index is 0.0126. The molecule has 0 saturated heterocycles. The number of carbonyl (C=O) groups excluding carboxylic acids is 1. The van der Waals surface area contributed by atoms with Crippen LogP contribution in [0, 0.1) is 0 Å². The molecule has 1 amide bonds. The van der Waals surface area contributed by atoms with Gasteiger partial charge >= 0.3 is 0 Å². The molecule has 0 atom stereocenters. The van der Waals surface area contributed by atoms with Crippen molar-refractivity contribution in [3.8, 4) is 5.75 Å². The number of para-hydroxylation sites is 1. The zero-order valence-electron chi connectivity index (χ0n) is 11.4. The zero-order chi connectivity index (χ0) is 14.4. The van der Waals surface area contributed by atoms with Crippen LogP contribution in [0.5, 0.6) is 5.75 Å². The summed E-state index contributed by atoms with van der Waals surface area (Å²) in [5.41, 5.74) is 2.98. The molecular weight excluding hydrogens is 272 g/mol. The average molecular weight is 288 g/mol. The Morgan fingerprint density at radius 3 is 2.80 bits per heavy atom. The number of amides is 1. The number of hydrogen-bond donors (Lipinski definition) is 1. The van der Waals surface area contributed by atoms with E-state index in [9.17, 15) is 4.79 Å². The maximum atomic E-state index is 12.1. The highest BCUT2D eigenvalue weighted by Gasteiger charge is 2.12. The molecule has 5 heteroatoms. The third-order valence-electron chi connectivity index (χ3n) is 2.40. The third kappa shape index (κ3) is 3.93. The van der Waals surface area contributed by atoms with Crippen LogP contribution in [0.2, 0.25) is 0 Å². The minimum Gasteiger partial charge on any atom is -0.490 e. The molecule has 4 nitrogen and oxygen atoms in total. The molecule has 104 valence electrons. The number of carbonyl (C=O) groups is 1. The van der Waals surface area contributed by atoms with Crippen LogP contribution in [0.4, 0.5) is 0 Å². The lowest BCUT2D eigenvalue weighted by Crippen LogP contribution is -2.19. The smallest absolute Gasteiger partial charge is 0.275 e. The van der Waals surface area contributed by atoms with Crippen molar-refractivity contribution in [1.82, 2.24) is 5.43 Å². The summed E-state index contributed by atoms with van der Waals surface area (Å²) in [6.45, 7) is 3.84. The summed E-state index contributed by atoms with van der Waals surface area (Å²) >= 11 is 1.56. The van der Waals surface area contributed by atoms with Gasteiger partial charge in [-0.05, 0) is 37.4 Å². The summed E-state index contributed by atoms with van der Waals surface area (Å²) in [6, 6.07) is 11.0. The van der Waals surface area contributed by atoms with Crippen LogP contribution >= 0.6 is 11.3 Å². The molecule has 0 unspecified atom stereocenters. The topological polar surface area (TPSA) is 50.7 Å². The van der Waals surface area contributed by atoms with Crippen molar-refractivity contribution in [3.63, 3.8) is 0 Å². The quantitative estimate of drug-likeness (QED) is 0.678. The van der Waals surface area contributed by atoms with Crippen LogP contribution in [0.25, 0.3) is 0 Å². The maximum absolute atomic E-state index is 12.1. The van der Waals surface area contributed by atoms with Gasteiger partial charge in [0.05, 0.1) is 17.9 Å². The van der Waals surface area contributed by atoms with E-state index in [1.54, 1.807) is 35.8 Å². The first-order valence-corrected chi connectivity index (χ1v) is 7.17. The number of hydrogen-bond acceptors (Lipinski definition) is 4. The molecule has 2 aromatic rings. The van der Waals surface area contributed by atoms with E-state index in [4.69, 9.17) is 4.74 Å². The number of rotatable bonds is 5. The molecule has 0 aliphatic heterocycles. The van der Waals surface area contributed by atoms with Gasteiger partial charge in [0.1, 0.15) is 5.75 Å². The standard InChI is InChI=1S/C15H16N2O2S/c1-11(2)19-14-8-4-3-7-13(14)15(18)17-16-10-12-6-5-9-20-12/h3-11H,1-2H3,(H,17,18). The highest BCUT2D eigenvalue weighted by atomic mass is 32.1. The summed E-state index contributed by atoms with van der Waals surface area (Å²) in [4.78, 5) is 13.1. The predicted octanol–water partition coefficient (Wildman–Crippen LogP) is 3.30. The lowest BCUT2D eigenvalue weighted by atomic mass is 10.2. The Morgan fingerprint density at radius 1 is 1.30 bits per heavy atom. The van der Waals surface area contributed by atoms with Gasteiger partial charge < -0.3 is 4.74 Å². The van der Waals surface area contributed by atoms with Gasteiger partial charge in [-0.1, -0.05) is 18.2 Å². The molecular formula is C15H16N2O2S. The molecule has 0 saturated carbocycles. The van der Waals surface area contributed by atoms with Crippen LogP contribution in [0.15, 0.2) is 46.9 Å². The van der Waals surface area contributed by atoms with E-state index in [1.165, 1.54) is 0 Å². The maximum Gasteiger partial charge on any atom is 0.275 e. The first-order valence-electron chi connectivity index (χ1n) is 6.29. The molecule has 1 aromatic carbocycles. The third-order valence-corrected chi connectivity index (χ3v) is 3.20. The fourth-order valence-electron chi connectivity index (χ4n) is 1.59. The first kappa shape index (κ1) is 14.3. The molecule has 20 heavy (non-hydrogen) atoms. The number of benzene rings is 1. The predicted molar refractivity (Wildman–Crippen MR) is 81.6 cm³/mol. The lowest BCUT2D eigenvalue weighted by molar-refractivity contribution is 0.0949. The normalized spacial score (nSPS) is 10.9. The number of ether oxygens (including phenoxy) is 1. The lowest BCUT2D eigenvalue weighted by Gasteiger charge is -2.12. The zero-order valence-corrected chi connectivity index (χ0v) is 12.2.